The summed E-state index contributed by atoms with van der Waals surface area (Å²) < 4.78 is 0. The van der Waals surface area contributed by atoms with Gasteiger partial charge in [-0.25, -0.2) is 0 Å². The van der Waals surface area contributed by atoms with Gasteiger partial charge in [0.1, 0.15) is 0 Å². The second kappa shape index (κ2) is 7.05. The lowest BCUT2D eigenvalue weighted by molar-refractivity contribution is 0.224. The number of aliphatic hydroxyl groups is 1. The monoisotopic (exact) mass is 241 g/mol. The summed E-state index contributed by atoms with van der Waals surface area (Å²) in [6, 6.07) is 4.60. The Morgan fingerprint density at radius 1 is 1.31 bits per heavy atom. The lowest BCUT2D eigenvalue weighted by Crippen LogP contribution is -2.32. The second-order valence-corrected chi connectivity index (χ2v) is 5.86. The first-order valence-corrected chi connectivity index (χ1v) is 6.89. The smallest absolute Gasteiger partial charge is 0.0584 e. The molecule has 1 atom stereocenters. The van der Waals surface area contributed by atoms with Gasteiger partial charge in [-0.1, -0.05) is 20.8 Å². The van der Waals surface area contributed by atoms with Crippen molar-refractivity contribution in [2.75, 3.05) is 6.61 Å². The Hall–Kier alpha value is -0.380. The van der Waals surface area contributed by atoms with E-state index in [1.54, 1.807) is 0 Å². The average Bonchev–Trinajstić information content (AvgIpc) is 2.71. The summed E-state index contributed by atoms with van der Waals surface area (Å²) >= 11 is 1.86. The number of nitrogens with one attached hydrogen (secondary N) is 1. The van der Waals surface area contributed by atoms with Crippen molar-refractivity contribution in [3.05, 3.63) is 21.9 Å². The van der Waals surface area contributed by atoms with Crippen LogP contribution in [-0.2, 0) is 13.0 Å². The fraction of sp³-hybridized carbons (Fsp3) is 0.692. The van der Waals surface area contributed by atoms with E-state index in [-0.39, 0.29) is 12.6 Å². The van der Waals surface area contributed by atoms with Crippen LogP contribution in [0.15, 0.2) is 12.1 Å². The van der Waals surface area contributed by atoms with Crippen molar-refractivity contribution in [1.29, 1.82) is 0 Å². The normalized spacial score (nSPS) is 13.3. The maximum absolute atomic E-state index is 9.25. The molecule has 0 aliphatic heterocycles. The molecule has 0 aromatic carbocycles. The predicted molar refractivity (Wildman–Crippen MR) is 70.9 cm³/mol. The van der Waals surface area contributed by atoms with Crippen molar-refractivity contribution >= 4 is 11.3 Å². The molecule has 1 unspecified atom stereocenters. The van der Waals surface area contributed by atoms with Crippen LogP contribution in [0.5, 0.6) is 0 Å². The third-order valence-electron chi connectivity index (χ3n) is 2.61. The SMILES string of the molecule is CCc1ccc(CNC(CO)CC(C)C)s1. The molecular weight excluding hydrogens is 218 g/mol. The maximum Gasteiger partial charge on any atom is 0.0584 e. The van der Waals surface area contributed by atoms with Crippen molar-refractivity contribution in [3.8, 4) is 0 Å². The molecule has 0 fully saturated rings. The van der Waals surface area contributed by atoms with Gasteiger partial charge < -0.3 is 10.4 Å². The summed E-state index contributed by atoms with van der Waals surface area (Å²) in [5, 5.41) is 12.7. The van der Waals surface area contributed by atoms with Crippen molar-refractivity contribution in [2.24, 2.45) is 5.92 Å². The van der Waals surface area contributed by atoms with Gasteiger partial charge in [-0.15, -0.1) is 11.3 Å². The molecule has 0 spiro atoms. The molecule has 1 heterocycles. The minimum absolute atomic E-state index is 0.226. The van der Waals surface area contributed by atoms with Gasteiger partial charge in [0.15, 0.2) is 0 Å². The quantitative estimate of drug-likeness (QED) is 0.769. The van der Waals surface area contributed by atoms with E-state index in [4.69, 9.17) is 0 Å². The molecule has 0 amide bonds. The van der Waals surface area contributed by atoms with Crippen molar-refractivity contribution in [1.82, 2.24) is 5.32 Å². The summed E-state index contributed by atoms with van der Waals surface area (Å²) in [6.07, 6.45) is 2.14. The Morgan fingerprint density at radius 3 is 2.50 bits per heavy atom. The first-order chi connectivity index (χ1) is 7.65. The summed E-state index contributed by atoms with van der Waals surface area (Å²) in [6.45, 7) is 7.65. The van der Waals surface area contributed by atoms with Gasteiger partial charge in [0, 0.05) is 22.3 Å². The molecule has 3 heteroatoms. The molecule has 16 heavy (non-hydrogen) atoms. The average molecular weight is 241 g/mol. The third-order valence-corrected chi connectivity index (χ3v) is 3.84. The van der Waals surface area contributed by atoms with E-state index in [2.05, 4.69) is 38.2 Å². The zero-order chi connectivity index (χ0) is 12.0. The molecule has 0 aliphatic rings. The van der Waals surface area contributed by atoms with Crippen LogP contribution in [0.25, 0.3) is 0 Å². The van der Waals surface area contributed by atoms with Gasteiger partial charge in [-0.3, -0.25) is 0 Å². The van der Waals surface area contributed by atoms with Crippen LogP contribution in [0.1, 0.15) is 36.9 Å². The first-order valence-electron chi connectivity index (χ1n) is 6.07. The van der Waals surface area contributed by atoms with Crippen molar-refractivity contribution in [2.45, 2.75) is 46.2 Å². The van der Waals surface area contributed by atoms with E-state index in [1.165, 1.54) is 9.75 Å². The van der Waals surface area contributed by atoms with E-state index in [0.717, 1.165) is 19.4 Å². The van der Waals surface area contributed by atoms with Gasteiger partial charge in [0.25, 0.3) is 0 Å². The van der Waals surface area contributed by atoms with Gasteiger partial charge in [-0.2, -0.15) is 0 Å². The van der Waals surface area contributed by atoms with Crippen LogP contribution >= 0.6 is 11.3 Å². The number of aryl methyl sites for hydroxylation is 1. The fourth-order valence-corrected chi connectivity index (χ4v) is 2.65. The Bertz CT molecular complexity index is 296. The van der Waals surface area contributed by atoms with Crippen LogP contribution < -0.4 is 5.32 Å². The molecule has 92 valence electrons. The first kappa shape index (κ1) is 13.7. The molecule has 1 aromatic heterocycles. The van der Waals surface area contributed by atoms with Crippen LogP contribution in [0, 0.1) is 5.92 Å². The second-order valence-electron chi connectivity index (χ2n) is 4.61. The van der Waals surface area contributed by atoms with Gasteiger partial charge in [0.2, 0.25) is 0 Å². The number of thiophene rings is 1. The summed E-state index contributed by atoms with van der Waals surface area (Å²) in [5.41, 5.74) is 0. The molecular formula is C13H23NOS. The molecule has 0 bridgehead atoms. The Morgan fingerprint density at radius 2 is 2.00 bits per heavy atom. The number of aliphatic hydroxyl groups excluding tert-OH is 1. The number of rotatable bonds is 7. The largest absolute Gasteiger partial charge is 0.395 e. The van der Waals surface area contributed by atoms with Crippen LogP contribution in [-0.4, -0.2) is 17.8 Å². The lowest BCUT2D eigenvalue weighted by Gasteiger charge is -2.17. The Labute approximate surface area is 103 Å². The highest BCUT2D eigenvalue weighted by Crippen LogP contribution is 2.17. The Balaban J connectivity index is 2.36. The molecule has 0 aliphatic carbocycles. The van der Waals surface area contributed by atoms with Crippen LogP contribution in [0.4, 0.5) is 0 Å². The highest BCUT2D eigenvalue weighted by Gasteiger charge is 2.09. The van der Waals surface area contributed by atoms with Gasteiger partial charge in [0.05, 0.1) is 6.61 Å². The lowest BCUT2D eigenvalue weighted by atomic mass is 10.0. The van der Waals surface area contributed by atoms with Crippen LogP contribution in [0.2, 0.25) is 0 Å². The minimum Gasteiger partial charge on any atom is -0.395 e. The molecule has 0 saturated carbocycles. The van der Waals surface area contributed by atoms with Gasteiger partial charge in [-0.05, 0) is 30.9 Å². The molecule has 2 nitrogen and oxygen atoms in total. The summed E-state index contributed by atoms with van der Waals surface area (Å²) in [4.78, 5) is 2.79. The van der Waals surface area contributed by atoms with Crippen molar-refractivity contribution < 1.29 is 5.11 Å². The molecule has 2 N–H and O–H groups in total. The van der Waals surface area contributed by atoms with E-state index in [1.807, 2.05) is 11.3 Å². The maximum atomic E-state index is 9.25. The third kappa shape index (κ3) is 4.64. The van der Waals surface area contributed by atoms with E-state index in [0.29, 0.717) is 5.92 Å². The van der Waals surface area contributed by atoms with Gasteiger partial charge >= 0.3 is 0 Å². The van der Waals surface area contributed by atoms with E-state index in [9.17, 15) is 5.11 Å². The highest BCUT2D eigenvalue weighted by molar-refractivity contribution is 7.11. The zero-order valence-electron chi connectivity index (χ0n) is 10.5. The fourth-order valence-electron chi connectivity index (χ4n) is 1.74. The highest BCUT2D eigenvalue weighted by atomic mass is 32.1. The molecule has 0 radical (unpaired) electrons. The molecule has 1 aromatic rings. The van der Waals surface area contributed by atoms with E-state index >= 15 is 0 Å². The molecule has 0 saturated heterocycles. The summed E-state index contributed by atoms with van der Waals surface area (Å²) in [5.74, 6) is 0.624. The molecule has 1 rings (SSSR count). The standard InChI is InChI=1S/C13H23NOS/c1-4-12-5-6-13(16-12)8-14-11(9-15)7-10(2)3/h5-6,10-11,14-15H,4,7-9H2,1-3H3. The Kier molecular flexibility index (Phi) is 6.03. The number of hydrogen-bond acceptors (Lipinski definition) is 3. The van der Waals surface area contributed by atoms with Crippen LogP contribution in [0.3, 0.4) is 0 Å². The topological polar surface area (TPSA) is 32.3 Å². The van der Waals surface area contributed by atoms with Crippen molar-refractivity contribution in [3.63, 3.8) is 0 Å². The predicted octanol–water partition coefficient (Wildman–Crippen LogP) is 2.81. The number of hydrogen-bond donors (Lipinski definition) is 2. The minimum atomic E-state index is 0.226. The summed E-state index contributed by atoms with van der Waals surface area (Å²) in [7, 11) is 0. The zero-order valence-corrected chi connectivity index (χ0v) is 11.3. The van der Waals surface area contributed by atoms with E-state index < -0.39 is 0 Å².